The highest BCUT2D eigenvalue weighted by molar-refractivity contribution is 6.32. The van der Waals surface area contributed by atoms with Gasteiger partial charge in [0.2, 0.25) is 11.8 Å². The highest BCUT2D eigenvalue weighted by Gasteiger charge is 2.56. The molecule has 2 amide bonds. The summed E-state index contributed by atoms with van der Waals surface area (Å²) in [5.74, 6) is -3.67. The molecule has 1 saturated heterocycles. The van der Waals surface area contributed by atoms with Crippen molar-refractivity contribution in [1.82, 2.24) is 0 Å². The number of azo groups is 1. The van der Waals surface area contributed by atoms with Gasteiger partial charge in [-0.1, -0.05) is 29.3 Å². The Morgan fingerprint density at radius 1 is 0.872 bits per heavy atom. The number of fused-ring (bicyclic) bond motifs is 3. The lowest BCUT2D eigenvalue weighted by atomic mass is 9.59. The fourth-order valence-corrected chi connectivity index (χ4v) is 7.63. The van der Waals surface area contributed by atoms with Crippen LogP contribution in [0.1, 0.15) is 31.2 Å². The molecule has 1 heterocycles. The number of amides is 2. The molecule has 3 aromatic rings. The Kier molecular flexibility index (Phi) is 7.51. The number of halogens is 1. The predicted molar refractivity (Wildman–Crippen MR) is 178 cm³/mol. The largest absolute Gasteiger partial charge is 0.508 e. The molecule has 47 heavy (non-hydrogen) atoms. The molecule has 0 saturated carbocycles. The zero-order valence-corrected chi connectivity index (χ0v) is 26.7. The number of carbonyl (C=O) groups excluding carboxylic acids is 4. The Morgan fingerprint density at radius 3 is 2.17 bits per heavy atom. The van der Waals surface area contributed by atoms with Gasteiger partial charge < -0.3 is 10.0 Å². The summed E-state index contributed by atoms with van der Waals surface area (Å²) in [5.41, 5.74) is 5.14. The van der Waals surface area contributed by atoms with Gasteiger partial charge in [-0.2, -0.15) is 10.2 Å². The normalized spacial score (nSPS) is 23.9. The van der Waals surface area contributed by atoms with Crippen LogP contribution in [0.2, 0.25) is 5.02 Å². The third-order valence-corrected chi connectivity index (χ3v) is 9.94. The average molecular weight is 647 g/mol. The van der Waals surface area contributed by atoms with E-state index < -0.39 is 23.7 Å². The Hall–Kier alpha value is -5.15. The van der Waals surface area contributed by atoms with Crippen molar-refractivity contribution in [3.8, 4) is 5.75 Å². The van der Waals surface area contributed by atoms with Gasteiger partial charge in [-0.15, -0.1) is 0 Å². The van der Waals surface area contributed by atoms with Crippen LogP contribution in [0.5, 0.6) is 5.75 Å². The van der Waals surface area contributed by atoms with Crippen LogP contribution in [-0.2, 0) is 19.2 Å². The quantitative estimate of drug-likeness (QED) is 0.136. The summed E-state index contributed by atoms with van der Waals surface area (Å²) in [6, 6.07) is 19.0. The van der Waals surface area contributed by atoms with E-state index in [2.05, 4.69) is 10.2 Å². The fourth-order valence-electron chi connectivity index (χ4n) is 7.34. The standard InChI is InChI=1S/C37H31ClN4O5/c1-19-16-31(44)34-29(35(19)45)18-28-25(32(34)26-13-12-24(43)17-30(26)38)14-15-27-33(28)37(47)42(36(27)46)23-10-6-21(7-11-23)40-39-20-4-8-22(9-5-20)41(2)3/h4-14,16-17,27-28,32-33,43H,15,18H2,1-3H3/t27-,28+,32+,33-/m0/s1. The maximum absolute atomic E-state index is 14.2. The van der Waals surface area contributed by atoms with Crippen LogP contribution in [0.25, 0.3) is 0 Å². The van der Waals surface area contributed by atoms with Gasteiger partial charge in [0.25, 0.3) is 0 Å². The second-order valence-electron chi connectivity index (χ2n) is 12.6. The number of carbonyl (C=O) groups is 4. The van der Waals surface area contributed by atoms with Gasteiger partial charge in [0.05, 0.1) is 28.9 Å². The number of ketones is 2. The summed E-state index contributed by atoms with van der Waals surface area (Å²) in [7, 11) is 3.92. The first-order valence-corrected chi connectivity index (χ1v) is 15.8. The van der Waals surface area contributed by atoms with Gasteiger partial charge >= 0.3 is 0 Å². The summed E-state index contributed by atoms with van der Waals surface area (Å²) in [6.45, 7) is 1.61. The molecule has 1 N–H and O–H groups in total. The SMILES string of the molecule is CC1=CC(=O)C2=C(C[C@@H]3C(=CC[C@@H]4C(=O)N(c5ccc(N=Nc6ccc(N(C)C)cc6)cc5)C(=O)[C@@H]43)[C@@H]2c2ccc(O)cc2Cl)C1=O. The molecule has 0 aromatic heterocycles. The van der Waals surface area contributed by atoms with Crippen molar-refractivity contribution in [3.63, 3.8) is 0 Å². The van der Waals surface area contributed by atoms with Crippen LogP contribution in [-0.4, -0.2) is 42.6 Å². The number of nitrogens with zero attached hydrogens (tertiary/aromatic N) is 4. The summed E-state index contributed by atoms with van der Waals surface area (Å²) >= 11 is 6.63. The number of imide groups is 1. The van der Waals surface area contributed by atoms with Crippen LogP contribution in [0, 0.1) is 17.8 Å². The van der Waals surface area contributed by atoms with Gasteiger partial charge in [0, 0.05) is 47.4 Å². The van der Waals surface area contributed by atoms with E-state index >= 15 is 0 Å². The molecule has 4 aliphatic rings. The van der Waals surface area contributed by atoms with E-state index in [0.717, 1.165) is 11.3 Å². The first kappa shape index (κ1) is 30.5. The summed E-state index contributed by atoms with van der Waals surface area (Å²) in [5, 5.41) is 18.9. The molecule has 7 rings (SSSR count). The number of anilines is 2. The van der Waals surface area contributed by atoms with E-state index in [0.29, 0.717) is 45.8 Å². The summed E-state index contributed by atoms with van der Waals surface area (Å²) in [6.07, 6.45) is 3.77. The molecule has 9 nitrogen and oxygen atoms in total. The molecular formula is C37H31ClN4O5. The van der Waals surface area contributed by atoms with E-state index in [-0.39, 0.29) is 40.6 Å². The van der Waals surface area contributed by atoms with Crippen molar-refractivity contribution in [2.75, 3.05) is 23.9 Å². The number of allylic oxidation sites excluding steroid dienone is 6. The molecule has 1 aliphatic heterocycles. The van der Waals surface area contributed by atoms with Crippen LogP contribution in [0.15, 0.2) is 111 Å². The first-order chi connectivity index (χ1) is 22.5. The summed E-state index contributed by atoms with van der Waals surface area (Å²) in [4.78, 5) is 58.2. The van der Waals surface area contributed by atoms with Gasteiger partial charge in [0.1, 0.15) is 5.75 Å². The van der Waals surface area contributed by atoms with Crippen LogP contribution >= 0.6 is 11.6 Å². The zero-order valence-electron chi connectivity index (χ0n) is 26.0. The number of aromatic hydroxyl groups is 1. The second kappa shape index (κ2) is 11.6. The maximum Gasteiger partial charge on any atom is 0.238 e. The maximum atomic E-state index is 14.2. The Bertz CT molecular complexity index is 1990. The number of hydrogen-bond acceptors (Lipinski definition) is 8. The fraction of sp³-hybridized carbons (Fsp3) is 0.243. The van der Waals surface area contributed by atoms with Gasteiger partial charge in [0.15, 0.2) is 11.6 Å². The molecule has 0 unspecified atom stereocenters. The molecule has 1 fully saturated rings. The molecule has 0 spiro atoms. The molecule has 4 atom stereocenters. The predicted octanol–water partition coefficient (Wildman–Crippen LogP) is 7.16. The highest BCUT2D eigenvalue weighted by Crippen LogP contribution is 2.56. The van der Waals surface area contributed by atoms with Gasteiger partial charge in [-0.3, -0.25) is 24.1 Å². The minimum absolute atomic E-state index is 0.0295. The van der Waals surface area contributed by atoms with Gasteiger partial charge in [-0.25, -0.2) is 0 Å². The summed E-state index contributed by atoms with van der Waals surface area (Å²) < 4.78 is 0. The van der Waals surface area contributed by atoms with Crippen molar-refractivity contribution in [2.45, 2.75) is 25.7 Å². The van der Waals surface area contributed by atoms with Crippen LogP contribution in [0.3, 0.4) is 0 Å². The van der Waals surface area contributed by atoms with E-state index in [4.69, 9.17) is 11.6 Å². The monoisotopic (exact) mass is 646 g/mol. The van der Waals surface area contributed by atoms with E-state index in [1.54, 1.807) is 37.3 Å². The molecule has 3 aliphatic carbocycles. The molecule has 0 radical (unpaired) electrons. The van der Waals surface area contributed by atoms with Crippen molar-refractivity contribution < 1.29 is 24.3 Å². The molecule has 236 valence electrons. The van der Waals surface area contributed by atoms with E-state index in [1.807, 2.05) is 49.3 Å². The average Bonchev–Trinajstić information content (AvgIpc) is 3.31. The lowest BCUT2D eigenvalue weighted by Gasteiger charge is -2.42. The highest BCUT2D eigenvalue weighted by atomic mass is 35.5. The Morgan fingerprint density at radius 2 is 1.53 bits per heavy atom. The Labute approximate surface area is 276 Å². The van der Waals surface area contributed by atoms with Crippen molar-refractivity contribution in [1.29, 1.82) is 0 Å². The smallest absolute Gasteiger partial charge is 0.238 e. The van der Waals surface area contributed by atoms with E-state index in [1.165, 1.54) is 23.1 Å². The number of Topliss-reactive ketones (excluding diaryl/α,β-unsaturated/α-hetero) is 1. The third-order valence-electron chi connectivity index (χ3n) is 9.61. The number of benzene rings is 3. The minimum atomic E-state index is -0.714. The second-order valence-corrected chi connectivity index (χ2v) is 13.0. The van der Waals surface area contributed by atoms with Crippen LogP contribution < -0.4 is 9.80 Å². The first-order valence-electron chi connectivity index (χ1n) is 15.4. The molecule has 3 aromatic carbocycles. The van der Waals surface area contributed by atoms with Crippen molar-refractivity contribution in [2.24, 2.45) is 28.0 Å². The third kappa shape index (κ3) is 5.11. The topological polar surface area (TPSA) is 120 Å². The molecule has 10 heteroatoms. The number of rotatable bonds is 5. The van der Waals surface area contributed by atoms with Crippen molar-refractivity contribution >= 4 is 57.7 Å². The minimum Gasteiger partial charge on any atom is -0.508 e. The zero-order chi connectivity index (χ0) is 33.1. The lowest BCUT2D eigenvalue weighted by molar-refractivity contribution is -0.123. The van der Waals surface area contributed by atoms with E-state index in [9.17, 15) is 24.3 Å². The Balaban J connectivity index is 1.20. The molecule has 0 bridgehead atoms. The lowest BCUT2D eigenvalue weighted by Crippen LogP contribution is -2.39. The molecular weight excluding hydrogens is 616 g/mol. The number of phenolic OH excluding ortho intramolecular Hbond substituents is 1. The van der Waals surface area contributed by atoms with Crippen molar-refractivity contribution in [3.05, 3.63) is 112 Å². The number of phenols is 1. The van der Waals surface area contributed by atoms with Gasteiger partial charge in [-0.05, 0) is 98.0 Å². The van der Waals surface area contributed by atoms with Crippen LogP contribution in [0.4, 0.5) is 22.7 Å². The number of hydrogen-bond donors (Lipinski definition) is 1.